The lowest BCUT2D eigenvalue weighted by molar-refractivity contribution is 0.0631. The van der Waals surface area contributed by atoms with Crippen molar-refractivity contribution in [1.82, 2.24) is 4.90 Å². The van der Waals surface area contributed by atoms with E-state index in [1.54, 1.807) is 24.3 Å². The summed E-state index contributed by atoms with van der Waals surface area (Å²) >= 11 is 7.53. The highest BCUT2D eigenvalue weighted by molar-refractivity contribution is 14.1. The van der Waals surface area contributed by atoms with Gasteiger partial charge in [0.05, 0.1) is 13.2 Å². The number of carbonyl (C=O) groups is 1. The molecule has 2 aromatic carbocycles. The fourth-order valence-corrected chi connectivity index (χ4v) is 2.96. The highest BCUT2D eigenvalue weighted by atomic mass is 127. The maximum atomic E-state index is 12.3. The fourth-order valence-electron chi connectivity index (χ4n) is 2.32. The average Bonchev–Trinajstić information content (AvgIpc) is 2.65. The number of carbonyl (C=O) groups excluding carboxylic acids is 1. The molecule has 1 N–H and O–H groups in total. The highest BCUT2D eigenvalue weighted by Crippen LogP contribution is 2.16. The minimum absolute atomic E-state index is 0.163. The van der Waals surface area contributed by atoms with E-state index < -0.39 is 0 Å². The largest absolute Gasteiger partial charge is 0.432 e. The van der Waals surface area contributed by atoms with E-state index in [1.165, 1.54) is 0 Å². The van der Waals surface area contributed by atoms with Crippen molar-refractivity contribution in [3.8, 4) is 5.75 Å². The molecule has 130 valence electrons. The van der Waals surface area contributed by atoms with Gasteiger partial charge in [0.1, 0.15) is 5.75 Å². The van der Waals surface area contributed by atoms with E-state index in [-0.39, 0.29) is 5.91 Å². The van der Waals surface area contributed by atoms with E-state index in [0.717, 1.165) is 22.3 Å². The zero-order chi connectivity index (χ0) is 17.6. The zero-order valence-corrected chi connectivity index (χ0v) is 16.4. The summed E-state index contributed by atoms with van der Waals surface area (Å²) in [6.07, 6.45) is 0. The molecule has 1 aliphatic heterocycles. The summed E-state index contributed by atoms with van der Waals surface area (Å²) < 4.78 is 12.1. The number of nitrogens with one attached hydrogen (secondary N) is 1. The topological polar surface area (TPSA) is 50.8 Å². The second kappa shape index (κ2) is 8.59. The van der Waals surface area contributed by atoms with Crippen molar-refractivity contribution in [1.29, 1.82) is 0 Å². The van der Waals surface area contributed by atoms with Crippen LogP contribution in [-0.2, 0) is 4.74 Å². The molecule has 1 heterocycles. The Morgan fingerprint density at radius 2 is 1.72 bits per heavy atom. The van der Waals surface area contributed by atoms with Crippen molar-refractivity contribution in [2.75, 3.05) is 31.6 Å². The lowest BCUT2D eigenvalue weighted by atomic mass is 10.2. The molecule has 0 radical (unpaired) electrons. The van der Waals surface area contributed by atoms with Crippen LogP contribution in [0.2, 0.25) is 0 Å². The van der Waals surface area contributed by atoms with Crippen molar-refractivity contribution in [3.05, 3.63) is 57.7 Å². The van der Waals surface area contributed by atoms with E-state index in [2.05, 4.69) is 27.9 Å². The van der Waals surface area contributed by atoms with Gasteiger partial charge >= 0.3 is 0 Å². The standard InChI is InChI=1S/C18H17IN2O3S/c19-14-3-5-15(6-4-14)20-17(22)13-1-7-16(8-2-13)24-18(25)21-9-11-23-12-10-21/h1-8H,9-12H2,(H,20,22). The van der Waals surface area contributed by atoms with Gasteiger partial charge in [0.2, 0.25) is 0 Å². The summed E-state index contributed by atoms with van der Waals surface area (Å²) in [7, 11) is 0. The van der Waals surface area contributed by atoms with E-state index in [9.17, 15) is 4.79 Å². The third-order valence-corrected chi connectivity index (χ3v) is 4.75. The first kappa shape index (κ1) is 18.1. The van der Waals surface area contributed by atoms with Crippen LogP contribution in [0, 0.1) is 3.57 Å². The molecule has 1 fully saturated rings. The summed E-state index contributed by atoms with van der Waals surface area (Å²) in [5, 5.41) is 3.30. The number of hydrogen-bond donors (Lipinski definition) is 1. The Morgan fingerprint density at radius 3 is 2.36 bits per heavy atom. The van der Waals surface area contributed by atoms with Gasteiger partial charge in [0.25, 0.3) is 11.1 Å². The van der Waals surface area contributed by atoms with Crippen LogP contribution < -0.4 is 10.1 Å². The van der Waals surface area contributed by atoms with Gasteiger partial charge in [0.15, 0.2) is 0 Å². The first-order valence-electron chi connectivity index (χ1n) is 7.83. The molecule has 1 saturated heterocycles. The minimum Gasteiger partial charge on any atom is -0.432 e. The number of morpholine rings is 1. The van der Waals surface area contributed by atoms with E-state index in [0.29, 0.717) is 29.7 Å². The first-order valence-corrected chi connectivity index (χ1v) is 9.32. The van der Waals surface area contributed by atoms with Gasteiger partial charge in [-0.2, -0.15) is 0 Å². The summed E-state index contributed by atoms with van der Waals surface area (Å²) in [5.41, 5.74) is 1.32. The summed E-state index contributed by atoms with van der Waals surface area (Å²) in [6, 6.07) is 14.6. The van der Waals surface area contributed by atoms with Crippen LogP contribution >= 0.6 is 34.8 Å². The van der Waals surface area contributed by atoms with E-state index >= 15 is 0 Å². The molecule has 25 heavy (non-hydrogen) atoms. The normalized spacial score (nSPS) is 14.0. The third-order valence-electron chi connectivity index (χ3n) is 3.69. The van der Waals surface area contributed by atoms with E-state index in [4.69, 9.17) is 21.7 Å². The predicted molar refractivity (Wildman–Crippen MR) is 109 cm³/mol. The second-order valence-electron chi connectivity index (χ2n) is 5.45. The third kappa shape index (κ3) is 5.13. The Hall–Kier alpha value is -1.71. The van der Waals surface area contributed by atoms with Gasteiger partial charge in [0, 0.05) is 27.9 Å². The Kier molecular flexibility index (Phi) is 6.22. The summed E-state index contributed by atoms with van der Waals surface area (Å²) in [4.78, 5) is 14.2. The first-order chi connectivity index (χ1) is 12.1. The number of halogens is 1. The fraction of sp³-hybridized carbons (Fsp3) is 0.222. The van der Waals surface area contributed by atoms with Crippen molar-refractivity contribution >= 4 is 51.6 Å². The van der Waals surface area contributed by atoms with Crippen molar-refractivity contribution in [3.63, 3.8) is 0 Å². The molecule has 0 aromatic heterocycles. The lowest BCUT2D eigenvalue weighted by Gasteiger charge is -2.28. The monoisotopic (exact) mass is 468 g/mol. The predicted octanol–water partition coefficient (Wildman–Crippen LogP) is 3.54. The molecule has 0 unspecified atom stereocenters. The van der Waals surface area contributed by atoms with Crippen LogP contribution in [-0.4, -0.2) is 42.3 Å². The molecule has 0 aliphatic carbocycles. The van der Waals surface area contributed by atoms with E-state index in [1.807, 2.05) is 29.2 Å². The SMILES string of the molecule is O=C(Nc1ccc(I)cc1)c1ccc(OC(=S)N2CCOCC2)cc1. The number of amides is 1. The van der Waals surface area contributed by atoms with Crippen LogP contribution in [0.4, 0.5) is 5.69 Å². The van der Waals surface area contributed by atoms with Gasteiger partial charge in [-0.1, -0.05) is 0 Å². The lowest BCUT2D eigenvalue weighted by Crippen LogP contribution is -2.42. The van der Waals surface area contributed by atoms with Crippen LogP contribution in [0.25, 0.3) is 0 Å². The van der Waals surface area contributed by atoms with Gasteiger partial charge in [-0.3, -0.25) is 4.79 Å². The number of ether oxygens (including phenoxy) is 2. The second-order valence-corrected chi connectivity index (χ2v) is 7.05. The number of nitrogens with zero attached hydrogens (tertiary/aromatic N) is 1. The summed E-state index contributed by atoms with van der Waals surface area (Å²) in [5.74, 6) is 0.450. The molecule has 3 rings (SSSR count). The Balaban J connectivity index is 1.58. The molecule has 2 aromatic rings. The van der Waals surface area contributed by atoms with Crippen molar-refractivity contribution in [2.45, 2.75) is 0 Å². The molecular formula is C18H17IN2O3S. The Labute approximate surface area is 165 Å². The molecular weight excluding hydrogens is 451 g/mol. The molecule has 0 spiro atoms. The van der Waals surface area contributed by atoms with Crippen molar-refractivity contribution in [2.24, 2.45) is 0 Å². The minimum atomic E-state index is -0.163. The maximum absolute atomic E-state index is 12.3. The summed E-state index contributed by atoms with van der Waals surface area (Å²) in [6.45, 7) is 2.77. The number of hydrogen-bond acceptors (Lipinski definition) is 4. The quantitative estimate of drug-likeness (QED) is 0.552. The Morgan fingerprint density at radius 1 is 1.08 bits per heavy atom. The van der Waals surface area contributed by atoms with Gasteiger partial charge in [-0.25, -0.2) is 0 Å². The van der Waals surface area contributed by atoms with Crippen LogP contribution in [0.15, 0.2) is 48.5 Å². The van der Waals surface area contributed by atoms with Gasteiger partial charge < -0.3 is 19.7 Å². The number of anilines is 1. The number of thiocarbonyl (C=S) groups is 1. The maximum Gasteiger partial charge on any atom is 0.264 e. The molecule has 5 nitrogen and oxygen atoms in total. The number of rotatable bonds is 3. The molecule has 0 bridgehead atoms. The Bertz CT molecular complexity index is 744. The smallest absolute Gasteiger partial charge is 0.264 e. The van der Waals surface area contributed by atoms with Crippen LogP contribution in [0.3, 0.4) is 0 Å². The molecule has 1 aliphatic rings. The highest BCUT2D eigenvalue weighted by Gasteiger charge is 2.15. The van der Waals surface area contributed by atoms with Gasteiger partial charge in [-0.15, -0.1) is 0 Å². The number of benzene rings is 2. The van der Waals surface area contributed by atoms with Crippen LogP contribution in [0.1, 0.15) is 10.4 Å². The molecule has 1 amide bonds. The average molecular weight is 468 g/mol. The van der Waals surface area contributed by atoms with Crippen LogP contribution in [0.5, 0.6) is 5.75 Å². The molecule has 0 saturated carbocycles. The molecule has 7 heteroatoms. The zero-order valence-electron chi connectivity index (χ0n) is 13.4. The van der Waals surface area contributed by atoms with Gasteiger partial charge in [-0.05, 0) is 83.3 Å². The molecule has 0 atom stereocenters. The van der Waals surface area contributed by atoms with Crippen molar-refractivity contribution < 1.29 is 14.3 Å².